The summed E-state index contributed by atoms with van der Waals surface area (Å²) in [5.74, 6) is 0. The fraction of sp³-hybridized carbons (Fsp3) is 0.600. The Labute approximate surface area is 123 Å². The lowest BCUT2D eigenvalue weighted by atomic mass is 10.1. The van der Waals surface area contributed by atoms with Crippen LogP contribution in [0.2, 0.25) is 0 Å². The van der Waals surface area contributed by atoms with E-state index in [0.717, 1.165) is 32.2 Å². The van der Waals surface area contributed by atoms with Gasteiger partial charge in [-0.15, -0.1) is 0 Å². The topological polar surface area (TPSA) is 36.4 Å². The molecule has 0 spiro atoms. The summed E-state index contributed by atoms with van der Waals surface area (Å²) in [6.07, 6.45) is 10.5. The highest BCUT2D eigenvalue weighted by atomic mass is 32.1. The molecule has 0 atom stereocenters. The van der Waals surface area contributed by atoms with Crippen LogP contribution in [0.3, 0.4) is 0 Å². The lowest BCUT2D eigenvalue weighted by Gasteiger charge is -2.04. The highest BCUT2D eigenvalue weighted by molar-refractivity contribution is 7.80. The van der Waals surface area contributed by atoms with E-state index in [-0.39, 0.29) is 0 Å². The molecule has 0 saturated carbocycles. The number of unbranched alkanes of at least 4 members (excludes halogenated alkanes) is 1. The van der Waals surface area contributed by atoms with Gasteiger partial charge in [-0.3, -0.25) is 5.43 Å². The van der Waals surface area contributed by atoms with Crippen LogP contribution in [0.5, 0.6) is 0 Å². The molecule has 2 N–H and O–H groups in total. The number of hydrazone groups is 1. The van der Waals surface area contributed by atoms with E-state index in [2.05, 4.69) is 49.6 Å². The van der Waals surface area contributed by atoms with Gasteiger partial charge < -0.3 is 5.32 Å². The molecule has 0 saturated heterocycles. The van der Waals surface area contributed by atoms with Crippen molar-refractivity contribution in [2.24, 2.45) is 5.10 Å². The van der Waals surface area contributed by atoms with Gasteiger partial charge in [-0.1, -0.05) is 30.6 Å². The van der Waals surface area contributed by atoms with Crippen LogP contribution in [0.4, 0.5) is 0 Å². The molecule has 19 heavy (non-hydrogen) atoms. The van der Waals surface area contributed by atoms with E-state index in [1.165, 1.54) is 11.1 Å². The second kappa shape index (κ2) is 11.9. The highest BCUT2D eigenvalue weighted by Gasteiger charge is 1.90. The number of nitrogens with one attached hydrogen (secondary N) is 2. The van der Waals surface area contributed by atoms with Crippen LogP contribution in [0.1, 0.15) is 53.4 Å². The normalized spacial score (nSPS) is 11.5. The molecule has 0 aliphatic carbocycles. The van der Waals surface area contributed by atoms with Gasteiger partial charge in [0.15, 0.2) is 5.11 Å². The van der Waals surface area contributed by atoms with Crippen molar-refractivity contribution in [3.63, 3.8) is 0 Å². The molecule has 0 bridgehead atoms. The van der Waals surface area contributed by atoms with Crippen molar-refractivity contribution in [3.8, 4) is 0 Å². The van der Waals surface area contributed by atoms with Crippen molar-refractivity contribution in [1.82, 2.24) is 10.7 Å². The van der Waals surface area contributed by atoms with Gasteiger partial charge in [-0.2, -0.15) is 5.10 Å². The van der Waals surface area contributed by atoms with E-state index < -0.39 is 0 Å². The van der Waals surface area contributed by atoms with E-state index in [4.69, 9.17) is 12.2 Å². The van der Waals surface area contributed by atoms with Crippen molar-refractivity contribution in [2.75, 3.05) is 6.54 Å². The molecule has 0 aromatic rings. The average molecular weight is 281 g/mol. The zero-order valence-corrected chi connectivity index (χ0v) is 13.4. The maximum atomic E-state index is 5.08. The predicted molar refractivity (Wildman–Crippen MR) is 89.6 cm³/mol. The SMILES string of the molecule is CCCCNC(=S)N/N=C/C=C(\C)CCC=C(C)C. The van der Waals surface area contributed by atoms with Crippen LogP contribution in [-0.2, 0) is 0 Å². The maximum absolute atomic E-state index is 5.08. The molecule has 0 rings (SSSR count). The Hall–Kier alpha value is -1.16. The average Bonchev–Trinajstić information content (AvgIpc) is 2.34. The standard InChI is InChI=1S/C15H27N3S/c1-5-6-11-16-15(19)18-17-12-10-14(4)9-7-8-13(2)3/h8,10,12H,5-7,9,11H2,1-4H3,(H2,16,18,19)/b14-10+,17-12+. The largest absolute Gasteiger partial charge is 0.361 e. The molecule has 4 heteroatoms. The third kappa shape index (κ3) is 13.1. The van der Waals surface area contributed by atoms with E-state index >= 15 is 0 Å². The third-order valence-electron chi connectivity index (χ3n) is 2.51. The first-order valence-corrected chi connectivity index (χ1v) is 7.33. The predicted octanol–water partition coefficient (Wildman–Crippen LogP) is 3.93. The summed E-state index contributed by atoms with van der Waals surface area (Å²) < 4.78 is 0. The number of hydrogen-bond acceptors (Lipinski definition) is 2. The first-order valence-electron chi connectivity index (χ1n) is 6.92. The van der Waals surface area contributed by atoms with Crippen LogP contribution in [0.15, 0.2) is 28.4 Å². The van der Waals surface area contributed by atoms with E-state index in [1.807, 2.05) is 6.08 Å². The molecule has 0 aromatic carbocycles. The Kier molecular flexibility index (Phi) is 11.2. The quantitative estimate of drug-likeness (QED) is 0.233. The monoisotopic (exact) mass is 281 g/mol. The Morgan fingerprint density at radius 1 is 1.26 bits per heavy atom. The molecule has 0 unspecified atom stereocenters. The minimum atomic E-state index is 0.584. The van der Waals surface area contributed by atoms with Gasteiger partial charge in [0.1, 0.15) is 0 Å². The summed E-state index contributed by atoms with van der Waals surface area (Å²) in [6.45, 7) is 9.41. The van der Waals surface area contributed by atoms with Crippen LogP contribution in [0, 0.1) is 0 Å². The molecule has 0 aliphatic heterocycles. The summed E-state index contributed by atoms with van der Waals surface area (Å²) in [5.41, 5.74) is 5.48. The van der Waals surface area contributed by atoms with Gasteiger partial charge in [-0.05, 0) is 58.3 Å². The summed E-state index contributed by atoms with van der Waals surface area (Å²) in [5, 5.41) is 7.74. The molecule has 0 fully saturated rings. The Morgan fingerprint density at radius 2 is 2.00 bits per heavy atom. The lowest BCUT2D eigenvalue weighted by Crippen LogP contribution is -2.32. The van der Waals surface area contributed by atoms with Gasteiger partial charge in [-0.25, -0.2) is 0 Å². The van der Waals surface area contributed by atoms with Crippen molar-refractivity contribution in [3.05, 3.63) is 23.3 Å². The fourth-order valence-electron chi connectivity index (χ4n) is 1.35. The zero-order valence-electron chi connectivity index (χ0n) is 12.6. The molecule has 3 nitrogen and oxygen atoms in total. The number of hydrogen-bond donors (Lipinski definition) is 2. The molecule has 0 aromatic heterocycles. The van der Waals surface area contributed by atoms with Crippen LogP contribution < -0.4 is 10.7 Å². The van der Waals surface area contributed by atoms with E-state index in [9.17, 15) is 0 Å². The Morgan fingerprint density at radius 3 is 2.63 bits per heavy atom. The first kappa shape index (κ1) is 17.8. The molecular weight excluding hydrogens is 254 g/mol. The third-order valence-corrected chi connectivity index (χ3v) is 2.74. The van der Waals surface area contributed by atoms with Gasteiger partial charge in [0, 0.05) is 12.8 Å². The minimum Gasteiger partial charge on any atom is -0.361 e. The fourth-order valence-corrected chi connectivity index (χ4v) is 1.51. The number of thiocarbonyl (C=S) groups is 1. The Balaban J connectivity index is 3.81. The highest BCUT2D eigenvalue weighted by Crippen LogP contribution is 2.05. The van der Waals surface area contributed by atoms with E-state index in [0.29, 0.717) is 5.11 Å². The molecule has 0 heterocycles. The minimum absolute atomic E-state index is 0.584. The lowest BCUT2D eigenvalue weighted by molar-refractivity contribution is 0.745. The van der Waals surface area contributed by atoms with Crippen LogP contribution >= 0.6 is 12.2 Å². The van der Waals surface area contributed by atoms with E-state index in [1.54, 1.807) is 6.21 Å². The molecule has 108 valence electrons. The first-order chi connectivity index (χ1) is 9.06. The summed E-state index contributed by atoms with van der Waals surface area (Å²) in [4.78, 5) is 0. The second-order valence-electron chi connectivity index (χ2n) is 4.83. The van der Waals surface area contributed by atoms with Gasteiger partial charge in [0.05, 0.1) is 0 Å². The second-order valence-corrected chi connectivity index (χ2v) is 5.24. The number of rotatable bonds is 8. The molecular formula is C15H27N3S. The van der Waals surface area contributed by atoms with Crippen molar-refractivity contribution < 1.29 is 0 Å². The molecule has 0 radical (unpaired) electrons. The van der Waals surface area contributed by atoms with Crippen LogP contribution in [0.25, 0.3) is 0 Å². The summed E-state index contributed by atoms with van der Waals surface area (Å²) in [6, 6.07) is 0. The molecule has 0 amide bonds. The van der Waals surface area contributed by atoms with Crippen molar-refractivity contribution >= 4 is 23.5 Å². The Bertz CT molecular complexity index is 339. The van der Waals surface area contributed by atoms with Gasteiger partial charge in [0.2, 0.25) is 0 Å². The maximum Gasteiger partial charge on any atom is 0.186 e. The van der Waals surface area contributed by atoms with Crippen molar-refractivity contribution in [1.29, 1.82) is 0 Å². The summed E-state index contributed by atoms with van der Waals surface area (Å²) in [7, 11) is 0. The van der Waals surface area contributed by atoms with Crippen LogP contribution in [-0.4, -0.2) is 17.9 Å². The smallest absolute Gasteiger partial charge is 0.186 e. The summed E-state index contributed by atoms with van der Waals surface area (Å²) >= 11 is 5.08. The molecule has 0 aliphatic rings. The number of allylic oxidation sites excluding steroid dienone is 4. The zero-order chi connectivity index (χ0) is 14.5. The van der Waals surface area contributed by atoms with Gasteiger partial charge in [0.25, 0.3) is 0 Å². The van der Waals surface area contributed by atoms with Gasteiger partial charge >= 0.3 is 0 Å². The number of nitrogens with zero attached hydrogens (tertiary/aromatic N) is 1. The van der Waals surface area contributed by atoms with Crippen molar-refractivity contribution in [2.45, 2.75) is 53.4 Å².